The van der Waals surface area contributed by atoms with Crippen LogP contribution in [-0.2, 0) is 4.74 Å². The van der Waals surface area contributed by atoms with Crippen LogP contribution in [0.15, 0.2) is 36.6 Å². The third-order valence-electron chi connectivity index (χ3n) is 1.03. The Balaban J connectivity index is 4.11. The molecule has 0 saturated heterocycles. The number of aliphatic hydroxyl groups excluding tert-OH is 1. The molecule has 0 radical (unpaired) electrons. The molecule has 0 atom stereocenters. The first kappa shape index (κ1) is 10.8. The summed E-state index contributed by atoms with van der Waals surface area (Å²) in [7, 11) is 0. The molecule has 0 rings (SSSR count). The van der Waals surface area contributed by atoms with Crippen molar-refractivity contribution in [3.63, 3.8) is 0 Å². The lowest BCUT2D eigenvalue weighted by Gasteiger charge is -2.03. The fourth-order valence-electron chi connectivity index (χ4n) is 0.524. The van der Waals surface area contributed by atoms with Gasteiger partial charge >= 0.3 is 6.61 Å². The molecule has 0 aliphatic heterocycles. The van der Waals surface area contributed by atoms with Gasteiger partial charge in [0.1, 0.15) is 5.76 Å². The highest BCUT2D eigenvalue weighted by Crippen LogP contribution is 2.07. The fraction of sp³-hybridized carbons (Fsp3) is 0.250. The van der Waals surface area contributed by atoms with Crippen LogP contribution in [-0.4, -0.2) is 18.3 Å². The largest absolute Gasteiger partial charge is 0.435 e. The van der Waals surface area contributed by atoms with Gasteiger partial charge in [0.2, 0.25) is 0 Å². The molecule has 1 N–H and O–H groups in total. The number of halogens is 2. The molecule has 0 fully saturated rings. The third kappa shape index (κ3) is 4.62. The highest BCUT2D eigenvalue weighted by molar-refractivity contribution is 5.24. The Morgan fingerprint density at radius 3 is 2.50 bits per heavy atom. The summed E-state index contributed by atoms with van der Waals surface area (Å²) < 4.78 is 27.0. The predicted octanol–water partition coefficient (Wildman–Crippen LogP) is 1.84. The summed E-state index contributed by atoms with van der Waals surface area (Å²) >= 11 is 0. The summed E-state index contributed by atoms with van der Waals surface area (Å²) in [5.41, 5.74) is 0.376. The quantitative estimate of drug-likeness (QED) is 0.511. The molecule has 0 unspecified atom stereocenters. The van der Waals surface area contributed by atoms with E-state index in [0.29, 0.717) is 5.57 Å². The number of aliphatic hydroxyl groups is 1. The molecule has 4 heteroatoms. The van der Waals surface area contributed by atoms with Crippen molar-refractivity contribution in [2.24, 2.45) is 0 Å². The minimum Gasteiger partial charge on any atom is -0.435 e. The third-order valence-corrected chi connectivity index (χ3v) is 1.03. The molecule has 0 bridgehead atoms. The SMILES string of the molecule is C=C/C(=C\C(=C)OC(F)F)CO. The Morgan fingerprint density at radius 2 is 2.17 bits per heavy atom. The van der Waals surface area contributed by atoms with E-state index in [1.807, 2.05) is 0 Å². The van der Waals surface area contributed by atoms with Gasteiger partial charge in [-0.3, -0.25) is 0 Å². The zero-order valence-corrected chi connectivity index (χ0v) is 6.46. The van der Waals surface area contributed by atoms with Crippen molar-refractivity contribution < 1.29 is 18.6 Å². The summed E-state index contributed by atoms with van der Waals surface area (Å²) in [5, 5.41) is 8.59. The van der Waals surface area contributed by atoms with Crippen molar-refractivity contribution in [3.05, 3.63) is 36.6 Å². The molecule has 2 nitrogen and oxygen atoms in total. The van der Waals surface area contributed by atoms with Crippen molar-refractivity contribution in [1.29, 1.82) is 0 Å². The molecule has 12 heavy (non-hydrogen) atoms. The second-order valence-corrected chi connectivity index (χ2v) is 1.93. The summed E-state index contributed by atoms with van der Waals surface area (Å²) in [5.74, 6) is -0.200. The van der Waals surface area contributed by atoms with Crippen molar-refractivity contribution in [1.82, 2.24) is 0 Å². The maximum atomic E-state index is 11.5. The van der Waals surface area contributed by atoms with Gasteiger partial charge in [-0.1, -0.05) is 19.2 Å². The van der Waals surface area contributed by atoms with Crippen LogP contribution >= 0.6 is 0 Å². The van der Waals surface area contributed by atoms with Crippen LogP contribution in [0.1, 0.15) is 0 Å². The van der Waals surface area contributed by atoms with Gasteiger partial charge in [-0.25, -0.2) is 0 Å². The first-order valence-corrected chi connectivity index (χ1v) is 3.17. The normalized spacial score (nSPS) is 11.5. The smallest absolute Gasteiger partial charge is 0.387 e. The van der Waals surface area contributed by atoms with E-state index in [9.17, 15) is 8.78 Å². The van der Waals surface area contributed by atoms with E-state index in [0.717, 1.165) is 0 Å². The zero-order valence-electron chi connectivity index (χ0n) is 6.46. The van der Waals surface area contributed by atoms with E-state index < -0.39 is 6.61 Å². The first-order chi connectivity index (χ1) is 5.60. The van der Waals surface area contributed by atoms with Gasteiger partial charge in [0, 0.05) is 0 Å². The van der Waals surface area contributed by atoms with E-state index >= 15 is 0 Å². The Bertz CT molecular complexity index is 197. The molecule has 0 saturated carbocycles. The van der Waals surface area contributed by atoms with E-state index in [2.05, 4.69) is 17.9 Å². The molecule has 0 heterocycles. The Labute approximate surface area is 69.5 Å². The Morgan fingerprint density at radius 1 is 1.58 bits per heavy atom. The number of alkyl halides is 2. The fourth-order valence-corrected chi connectivity index (χ4v) is 0.524. The van der Waals surface area contributed by atoms with Crippen LogP contribution in [0.25, 0.3) is 0 Å². The highest BCUT2D eigenvalue weighted by Gasteiger charge is 2.02. The summed E-state index contributed by atoms with van der Waals surface area (Å²) in [6.45, 7) is 3.37. The van der Waals surface area contributed by atoms with Gasteiger partial charge in [0.05, 0.1) is 6.61 Å². The predicted molar refractivity (Wildman–Crippen MR) is 41.6 cm³/mol. The Kier molecular flexibility index (Phi) is 4.96. The first-order valence-electron chi connectivity index (χ1n) is 3.17. The molecule has 0 aromatic rings. The van der Waals surface area contributed by atoms with Crippen LogP contribution in [0.3, 0.4) is 0 Å². The molecule has 0 aromatic carbocycles. The lowest BCUT2D eigenvalue weighted by molar-refractivity contribution is -0.0916. The average molecular weight is 176 g/mol. The van der Waals surface area contributed by atoms with E-state index in [-0.39, 0.29) is 12.4 Å². The monoisotopic (exact) mass is 176 g/mol. The number of hydrogen-bond donors (Lipinski definition) is 1. The molecule has 68 valence electrons. The molecule has 0 spiro atoms. The van der Waals surface area contributed by atoms with Crippen LogP contribution in [0.5, 0.6) is 0 Å². The molecule has 0 aliphatic rings. The highest BCUT2D eigenvalue weighted by atomic mass is 19.3. The molecule has 0 aliphatic carbocycles. The van der Waals surface area contributed by atoms with E-state index in [4.69, 9.17) is 5.11 Å². The standard InChI is InChI=1S/C8H10F2O2/c1-3-7(5-11)4-6(2)12-8(9)10/h3-4,8,11H,1-2,5H2/b7-4+. The molecular weight excluding hydrogens is 166 g/mol. The lowest BCUT2D eigenvalue weighted by atomic mass is 10.2. The number of hydrogen-bond acceptors (Lipinski definition) is 2. The van der Waals surface area contributed by atoms with Gasteiger partial charge in [-0.05, 0) is 11.6 Å². The van der Waals surface area contributed by atoms with Gasteiger partial charge in [-0.15, -0.1) is 0 Å². The van der Waals surface area contributed by atoms with Crippen molar-refractivity contribution >= 4 is 0 Å². The van der Waals surface area contributed by atoms with Gasteiger partial charge in [0.25, 0.3) is 0 Å². The minimum absolute atomic E-state index is 0.200. The molecule has 0 amide bonds. The van der Waals surface area contributed by atoms with Crippen molar-refractivity contribution in [3.8, 4) is 0 Å². The number of allylic oxidation sites excluding steroid dienone is 1. The average Bonchev–Trinajstić information content (AvgIpc) is 1.98. The van der Waals surface area contributed by atoms with Crippen molar-refractivity contribution in [2.45, 2.75) is 6.61 Å². The van der Waals surface area contributed by atoms with Crippen LogP contribution < -0.4 is 0 Å². The van der Waals surface area contributed by atoms with Crippen LogP contribution in [0.4, 0.5) is 8.78 Å². The second-order valence-electron chi connectivity index (χ2n) is 1.93. The van der Waals surface area contributed by atoms with Crippen LogP contribution in [0, 0.1) is 0 Å². The number of ether oxygens (including phenoxy) is 1. The van der Waals surface area contributed by atoms with Gasteiger partial charge in [-0.2, -0.15) is 8.78 Å². The summed E-state index contributed by atoms with van der Waals surface area (Å²) in [6.07, 6.45) is 2.53. The Hall–Kier alpha value is -1.16. The molecule has 0 aromatic heterocycles. The van der Waals surface area contributed by atoms with Gasteiger partial charge < -0.3 is 9.84 Å². The lowest BCUT2D eigenvalue weighted by Crippen LogP contribution is -1.97. The molecular formula is C8H10F2O2. The van der Waals surface area contributed by atoms with Crippen LogP contribution in [0.2, 0.25) is 0 Å². The maximum absolute atomic E-state index is 11.5. The van der Waals surface area contributed by atoms with Gasteiger partial charge in [0.15, 0.2) is 0 Å². The number of rotatable bonds is 5. The van der Waals surface area contributed by atoms with E-state index in [1.165, 1.54) is 12.2 Å². The summed E-state index contributed by atoms with van der Waals surface area (Å²) in [6, 6.07) is 0. The maximum Gasteiger partial charge on any atom is 0.387 e. The topological polar surface area (TPSA) is 29.5 Å². The van der Waals surface area contributed by atoms with E-state index in [1.54, 1.807) is 0 Å². The summed E-state index contributed by atoms with van der Waals surface area (Å²) in [4.78, 5) is 0. The minimum atomic E-state index is -2.89. The second kappa shape index (κ2) is 5.49. The zero-order chi connectivity index (χ0) is 9.56. The van der Waals surface area contributed by atoms with Crippen molar-refractivity contribution in [2.75, 3.05) is 6.61 Å².